The van der Waals surface area contributed by atoms with Gasteiger partial charge in [-0.1, -0.05) is 12.1 Å². The second kappa shape index (κ2) is 5.08. The van der Waals surface area contributed by atoms with Crippen LogP contribution in [-0.4, -0.2) is 18.7 Å². The Balaban J connectivity index is 1.89. The number of hydrogen-bond donors (Lipinski definition) is 2. The van der Waals surface area contributed by atoms with Crippen molar-refractivity contribution in [3.63, 3.8) is 0 Å². The van der Waals surface area contributed by atoms with Gasteiger partial charge in [-0.25, -0.2) is 4.79 Å². The van der Waals surface area contributed by atoms with Gasteiger partial charge in [-0.2, -0.15) is 0 Å². The first-order valence-corrected chi connectivity index (χ1v) is 5.94. The number of benzene rings is 1. The summed E-state index contributed by atoms with van der Waals surface area (Å²) < 4.78 is 5.43. The molecule has 0 unspecified atom stereocenters. The Kier molecular flexibility index (Phi) is 3.52. The van der Waals surface area contributed by atoms with Crippen molar-refractivity contribution in [2.45, 2.75) is 32.9 Å². The molecule has 0 saturated carbocycles. The van der Waals surface area contributed by atoms with Crippen LogP contribution in [0.15, 0.2) is 18.2 Å². The zero-order chi connectivity index (χ0) is 12.3. The van der Waals surface area contributed by atoms with Crippen LogP contribution in [0, 0.1) is 0 Å². The van der Waals surface area contributed by atoms with Gasteiger partial charge in [0, 0.05) is 19.0 Å². The first-order valence-electron chi connectivity index (χ1n) is 5.94. The fourth-order valence-corrected chi connectivity index (χ4v) is 1.85. The summed E-state index contributed by atoms with van der Waals surface area (Å²) in [5, 5.41) is 5.62. The zero-order valence-corrected chi connectivity index (χ0v) is 10.2. The van der Waals surface area contributed by atoms with E-state index in [0.717, 1.165) is 24.3 Å². The Labute approximate surface area is 101 Å². The van der Waals surface area contributed by atoms with Crippen LogP contribution < -0.4 is 15.4 Å². The Morgan fingerprint density at radius 1 is 1.47 bits per heavy atom. The SMILES string of the molecule is CC(C)NC(=O)NCc1ccc2c(c1)CCO2. The monoisotopic (exact) mass is 234 g/mol. The van der Waals surface area contributed by atoms with Crippen LogP contribution >= 0.6 is 0 Å². The molecule has 17 heavy (non-hydrogen) atoms. The van der Waals surface area contributed by atoms with E-state index in [1.165, 1.54) is 5.56 Å². The normalized spacial score (nSPS) is 13.1. The van der Waals surface area contributed by atoms with Gasteiger partial charge in [-0.15, -0.1) is 0 Å². The molecule has 0 spiro atoms. The molecule has 0 aromatic heterocycles. The van der Waals surface area contributed by atoms with Crippen molar-refractivity contribution in [2.24, 2.45) is 0 Å². The third-order valence-corrected chi connectivity index (χ3v) is 2.63. The largest absolute Gasteiger partial charge is 0.493 e. The molecule has 4 heteroatoms. The van der Waals surface area contributed by atoms with E-state index in [2.05, 4.69) is 16.7 Å². The average Bonchev–Trinajstić information content (AvgIpc) is 2.72. The predicted octanol–water partition coefficient (Wildman–Crippen LogP) is 1.83. The molecule has 1 aromatic carbocycles. The number of hydrogen-bond acceptors (Lipinski definition) is 2. The quantitative estimate of drug-likeness (QED) is 0.838. The Bertz CT molecular complexity index is 416. The summed E-state index contributed by atoms with van der Waals surface area (Å²) in [6, 6.07) is 6.08. The number of carbonyl (C=O) groups is 1. The summed E-state index contributed by atoms with van der Waals surface area (Å²) in [4.78, 5) is 11.4. The van der Waals surface area contributed by atoms with E-state index in [1.807, 2.05) is 26.0 Å². The second-order valence-electron chi connectivity index (χ2n) is 4.52. The van der Waals surface area contributed by atoms with Gasteiger partial charge in [-0.05, 0) is 31.0 Å². The van der Waals surface area contributed by atoms with Gasteiger partial charge in [0.15, 0.2) is 0 Å². The second-order valence-corrected chi connectivity index (χ2v) is 4.52. The third-order valence-electron chi connectivity index (χ3n) is 2.63. The molecular formula is C13H18N2O2. The molecule has 0 aliphatic carbocycles. The smallest absolute Gasteiger partial charge is 0.315 e. The van der Waals surface area contributed by atoms with Crippen LogP contribution in [0.4, 0.5) is 4.79 Å². The molecule has 1 heterocycles. The standard InChI is InChI=1S/C13H18N2O2/c1-9(2)15-13(16)14-8-10-3-4-12-11(7-10)5-6-17-12/h3-4,7,9H,5-6,8H2,1-2H3,(H2,14,15,16). The molecule has 1 aromatic rings. The molecule has 0 bridgehead atoms. The van der Waals surface area contributed by atoms with Crippen LogP contribution in [-0.2, 0) is 13.0 Å². The van der Waals surface area contributed by atoms with Crippen molar-refractivity contribution in [1.82, 2.24) is 10.6 Å². The van der Waals surface area contributed by atoms with Crippen molar-refractivity contribution < 1.29 is 9.53 Å². The minimum Gasteiger partial charge on any atom is -0.493 e. The summed E-state index contributed by atoms with van der Waals surface area (Å²) in [5.74, 6) is 0.973. The number of carbonyl (C=O) groups excluding carboxylic acids is 1. The Morgan fingerprint density at radius 2 is 2.29 bits per heavy atom. The average molecular weight is 234 g/mol. The molecule has 0 fully saturated rings. The van der Waals surface area contributed by atoms with Crippen molar-refractivity contribution in [2.75, 3.05) is 6.61 Å². The lowest BCUT2D eigenvalue weighted by Gasteiger charge is -2.10. The summed E-state index contributed by atoms with van der Waals surface area (Å²) in [6.45, 7) is 5.19. The van der Waals surface area contributed by atoms with Crippen LogP contribution in [0.2, 0.25) is 0 Å². The minimum absolute atomic E-state index is 0.128. The zero-order valence-electron chi connectivity index (χ0n) is 10.2. The van der Waals surface area contributed by atoms with Gasteiger partial charge in [0.2, 0.25) is 0 Å². The maximum atomic E-state index is 11.4. The van der Waals surface area contributed by atoms with E-state index in [4.69, 9.17) is 4.74 Å². The molecule has 0 radical (unpaired) electrons. The van der Waals surface area contributed by atoms with Gasteiger partial charge in [-0.3, -0.25) is 0 Å². The minimum atomic E-state index is -0.128. The lowest BCUT2D eigenvalue weighted by atomic mass is 10.1. The van der Waals surface area contributed by atoms with E-state index in [9.17, 15) is 4.79 Å². The van der Waals surface area contributed by atoms with Crippen molar-refractivity contribution in [3.8, 4) is 5.75 Å². The summed E-state index contributed by atoms with van der Waals surface area (Å²) in [5.41, 5.74) is 2.33. The molecule has 0 saturated heterocycles. The first-order chi connectivity index (χ1) is 8.15. The number of ether oxygens (including phenoxy) is 1. The molecule has 2 amide bonds. The van der Waals surface area contributed by atoms with E-state index >= 15 is 0 Å². The Morgan fingerprint density at radius 3 is 3.06 bits per heavy atom. The highest BCUT2D eigenvalue weighted by atomic mass is 16.5. The molecule has 0 atom stereocenters. The van der Waals surface area contributed by atoms with E-state index in [0.29, 0.717) is 6.54 Å². The molecular weight excluding hydrogens is 216 g/mol. The third kappa shape index (κ3) is 3.12. The number of urea groups is 1. The fourth-order valence-electron chi connectivity index (χ4n) is 1.85. The summed E-state index contributed by atoms with van der Waals surface area (Å²) in [6.07, 6.45) is 0.960. The maximum Gasteiger partial charge on any atom is 0.315 e. The summed E-state index contributed by atoms with van der Waals surface area (Å²) >= 11 is 0. The highest BCUT2D eigenvalue weighted by Gasteiger charge is 2.12. The maximum absolute atomic E-state index is 11.4. The van der Waals surface area contributed by atoms with Gasteiger partial charge in [0.25, 0.3) is 0 Å². The molecule has 4 nitrogen and oxygen atoms in total. The van der Waals surface area contributed by atoms with Crippen molar-refractivity contribution in [3.05, 3.63) is 29.3 Å². The number of amides is 2. The van der Waals surface area contributed by atoms with E-state index in [-0.39, 0.29) is 12.1 Å². The lowest BCUT2D eigenvalue weighted by molar-refractivity contribution is 0.238. The number of fused-ring (bicyclic) bond motifs is 1. The highest BCUT2D eigenvalue weighted by molar-refractivity contribution is 5.74. The number of nitrogens with one attached hydrogen (secondary N) is 2. The van der Waals surface area contributed by atoms with Gasteiger partial charge < -0.3 is 15.4 Å². The topological polar surface area (TPSA) is 50.4 Å². The lowest BCUT2D eigenvalue weighted by Crippen LogP contribution is -2.39. The Hall–Kier alpha value is -1.71. The van der Waals surface area contributed by atoms with Crippen LogP contribution in [0.1, 0.15) is 25.0 Å². The number of rotatable bonds is 3. The van der Waals surface area contributed by atoms with Crippen LogP contribution in [0.25, 0.3) is 0 Å². The molecule has 1 aliphatic heterocycles. The highest BCUT2D eigenvalue weighted by Crippen LogP contribution is 2.25. The fraction of sp³-hybridized carbons (Fsp3) is 0.462. The van der Waals surface area contributed by atoms with Crippen molar-refractivity contribution >= 4 is 6.03 Å². The van der Waals surface area contributed by atoms with E-state index in [1.54, 1.807) is 0 Å². The molecule has 1 aliphatic rings. The summed E-state index contributed by atoms with van der Waals surface area (Å²) in [7, 11) is 0. The van der Waals surface area contributed by atoms with Crippen molar-refractivity contribution in [1.29, 1.82) is 0 Å². The molecule has 2 N–H and O–H groups in total. The first kappa shape index (κ1) is 11.8. The van der Waals surface area contributed by atoms with Crippen LogP contribution in [0.3, 0.4) is 0 Å². The molecule has 2 rings (SSSR count). The van der Waals surface area contributed by atoms with E-state index < -0.39 is 0 Å². The van der Waals surface area contributed by atoms with Gasteiger partial charge in [0.1, 0.15) is 5.75 Å². The predicted molar refractivity (Wildman–Crippen MR) is 66.1 cm³/mol. The van der Waals surface area contributed by atoms with Gasteiger partial charge in [0.05, 0.1) is 6.61 Å². The van der Waals surface area contributed by atoms with Crippen LogP contribution in [0.5, 0.6) is 5.75 Å². The van der Waals surface area contributed by atoms with Gasteiger partial charge >= 0.3 is 6.03 Å². The molecule has 92 valence electrons.